The number of nitrogens with zero attached hydrogens (tertiary/aromatic N) is 3. The summed E-state index contributed by atoms with van der Waals surface area (Å²) in [5.41, 5.74) is 0.270. The van der Waals surface area contributed by atoms with Crippen molar-refractivity contribution in [2.24, 2.45) is 0 Å². The van der Waals surface area contributed by atoms with Crippen molar-refractivity contribution in [2.45, 2.75) is 37.6 Å². The van der Waals surface area contributed by atoms with E-state index >= 15 is 0 Å². The molecule has 0 saturated carbocycles. The molecule has 2 aromatic rings. The van der Waals surface area contributed by atoms with Crippen LogP contribution in [0.2, 0.25) is 0 Å². The molecule has 1 aliphatic heterocycles. The van der Waals surface area contributed by atoms with E-state index in [0.717, 1.165) is 24.6 Å². The van der Waals surface area contributed by atoms with Gasteiger partial charge in [-0.25, -0.2) is 9.89 Å². The highest BCUT2D eigenvalue weighted by atomic mass is 32.2. The van der Waals surface area contributed by atoms with Crippen LogP contribution in [-0.4, -0.2) is 58.3 Å². The molecular weight excluding hydrogens is 396 g/mol. The van der Waals surface area contributed by atoms with Crippen LogP contribution < -0.4 is 10.6 Å². The number of ether oxygens (including phenoxy) is 2. The van der Waals surface area contributed by atoms with Crippen molar-refractivity contribution in [2.75, 3.05) is 30.4 Å². The predicted molar refractivity (Wildman–Crippen MR) is 108 cm³/mol. The summed E-state index contributed by atoms with van der Waals surface area (Å²) in [7, 11) is 0. The Bertz CT molecular complexity index is 876. The highest BCUT2D eigenvalue weighted by Gasteiger charge is 2.23. The molecule has 1 aliphatic rings. The van der Waals surface area contributed by atoms with Crippen molar-refractivity contribution in [3.05, 3.63) is 40.8 Å². The summed E-state index contributed by atoms with van der Waals surface area (Å²) in [5, 5.41) is 6.87. The van der Waals surface area contributed by atoms with Crippen LogP contribution in [-0.2, 0) is 25.6 Å². The maximum Gasteiger partial charge on any atom is 0.344 e. The second kappa shape index (κ2) is 10.3. The highest BCUT2D eigenvalue weighted by Crippen LogP contribution is 2.20. The molecular formula is C19H24N4O5S. The number of para-hydroxylation sites is 1. The molecule has 9 nitrogen and oxygen atoms in total. The zero-order valence-electron chi connectivity index (χ0n) is 16.2. The topological polar surface area (TPSA) is 107 Å². The molecule has 1 N–H and O–H groups in total. The molecule has 1 saturated heterocycles. The number of carbonyl (C=O) groups is 2. The third-order valence-corrected chi connectivity index (χ3v) is 5.38. The van der Waals surface area contributed by atoms with E-state index in [9.17, 15) is 14.4 Å². The number of H-pyrrole nitrogens is 1. The maximum absolute atomic E-state index is 12.9. The molecule has 29 heavy (non-hydrogen) atoms. The summed E-state index contributed by atoms with van der Waals surface area (Å²) in [6, 6.07) is 8.92. The first kappa shape index (κ1) is 21.1. The monoisotopic (exact) mass is 420 g/mol. The van der Waals surface area contributed by atoms with Crippen molar-refractivity contribution in [3.63, 3.8) is 0 Å². The van der Waals surface area contributed by atoms with Gasteiger partial charge in [0.05, 0.1) is 25.0 Å². The minimum Gasteiger partial charge on any atom is -0.465 e. The zero-order chi connectivity index (χ0) is 20.6. The van der Waals surface area contributed by atoms with E-state index in [1.807, 2.05) is 6.07 Å². The summed E-state index contributed by atoms with van der Waals surface area (Å²) in [6.45, 7) is 2.87. The normalized spacial score (nSPS) is 16.0. The fourth-order valence-electron chi connectivity index (χ4n) is 3.04. The zero-order valence-corrected chi connectivity index (χ0v) is 17.0. The van der Waals surface area contributed by atoms with Crippen molar-refractivity contribution in [1.29, 1.82) is 0 Å². The Morgan fingerprint density at radius 1 is 1.38 bits per heavy atom. The quantitative estimate of drug-likeness (QED) is 0.483. The molecule has 0 spiro atoms. The average molecular weight is 420 g/mol. The third-order valence-electron chi connectivity index (χ3n) is 4.42. The van der Waals surface area contributed by atoms with Gasteiger partial charge in [-0.15, -0.1) is 5.10 Å². The van der Waals surface area contributed by atoms with Gasteiger partial charge in [0.25, 0.3) is 0 Å². The standard InChI is InChI=1S/C19H24N4O5S/c1-2-27-17(25)12-22(14-7-4-3-5-8-14)16(24)13-29-19-21-20-18(26)23(19)11-15-9-6-10-28-15/h3-5,7-8,15H,2,6,9-13H2,1H3,(H,20,26). The van der Waals surface area contributed by atoms with E-state index < -0.39 is 5.97 Å². The van der Waals surface area contributed by atoms with Crippen molar-refractivity contribution < 1.29 is 19.1 Å². The van der Waals surface area contributed by atoms with Gasteiger partial charge in [-0.2, -0.15) is 0 Å². The highest BCUT2D eigenvalue weighted by molar-refractivity contribution is 7.99. The van der Waals surface area contributed by atoms with Crippen LogP contribution in [0.4, 0.5) is 5.69 Å². The number of nitrogens with one attached hydrogen (secondary N) is 1. The van der Waals surface area contributed by atoms with Crippen LogP contribution >= 0.6 is 11.8 Å². The van der Waals surface area contributed by atoms with Crippen molar-refractivity contribution in [1.82, 2.24) is 14.8 Å². The van der Waals surface area contributed by atoms with E-state index in [1.54, 1.807) is 31.2 Å². The molecule has 0 radical (unpaired) electrons. The van der Waals surface area contributed by atoms with Crippen LogP contribution in [0.1, 0.15) is 19.8 Å². The van der Waals surface area contributed by atoms with E-state index in [2.05, 4.69) is 10.2 Å². The summed E-state index contributed by atoms with van der Waals surface area (Å²) < 4.78 is 12.1. The van der Waals surface area contributed by atoms with E-state index in [0.29, 0.717) is 24.0 Å². The summed E-state index contributed by atoms with van der Waals surface area (Å²) in [6.07, 6.45) is 1.84. The average Bonchev–Trinajstić information content (AvgIpc) is 3.36. The fraction of sp³-hybridized carbons (Fsp3) is 0.474. The minimum atomic E-state index is -0.482. The molecule has 1 aromatic heterocycles. The van der Waals surface area contributed by atoms with Gasteiger partial charge in [0, 0.05) is 12.3 Å². The Balaban J connectivity index is 1.68. The third kappa shape index (κ3) is 5.70. The van der Waals surface area contributed by atoms with Gasteiger partial charge in [-0.1, -0.05) is 30.0 Å². The first-order valence-corrected chi connectivity index (χ1v) is 10.5. The van der Waals surface area contributed by atoms with Crippen LogP contribution in [0.15, 0.2) is 40.3 Å². The molecule has 156 valence electrons. The molecule has 1 unspecified atom stereocenters. The van der Waals surface area contributed by atoms with Crippen LogP contribution in [0, 0.1) is 0 Å². The molecule has 0 aliphatic carbocycles. The van der Waals surface area contributed by atoms with E-state index in [4.69, 9.17) is 9.47 Å². The molecule has 1 aromatic carbocycles. The Morgan fingerprint density at radius 3 is 2.86 bits per heavy atom. The molecule has 1 atom stereocenters. The number of aromatic amines is 1. The van der Waals surface area contributed by atoms with Crippen LogP contribution in [0.5, 0.6) is 0 Å². The number of carbonyl (C=O) groups excluding carboxylic acids is 2. The number of amides is 1. The smallest absolute Gasteiger partial charge is 0.344 e. The minimum absolute atomic E-state index is 0.0180. The largest absolute Gasteiger partial charge is 0.465 e. The molecule has 3 rings (SSSR count). The SMILES string of the molecule is CCOC(=O)CN(C(=O)CSc1n[nH]c(=O)n1CC1CCCO1)c1ccccc1. The van der Waals surface area contributed by atoms with Gasteiger partial charge in [0.15, 0.2) is 5.16 Å². The number of hydrogen-bond donors (Lipinski definition) is 1. The van der Waals surface area contributed by atoms with Crippen molar-refractivity contribution in [3.8, 4) is 0 Å². The molecule has 1 amide bonds. The van der Waals surface area contributed by atoms with E-state index in [-0.39, 0.29) is 36.6 Å². The maximum atomic E-state index is 12.9. The van der Waals surface area contributed by atoms with Gasteiger partial charge < -0.3 is 14.4 Å². The van der Waals surface area contributed by atoms with Gasteiger partial charge in [-0.3, -0.25) is 14.2 Å². The lowest BCUT2D eigenvalue weighted by Crippen LogP contribution is -2.37. The van der Waals surface area contributed by atoms with E-state index in [1.165, 1.54) is 9.47 Å². The first-order chi connectivity index (χ1) is 14.1. The fourth-order valence-corrected chi connectivity index (χ4v) is 3.87. The van der Waals surface area contributed by atoms with Crippen LogP contribution in [0.25, 0.3) is 0 Å². The Kier molecular flexibility index (Phi) is 7.48. The predicted octanol–water partition coefficient (Wildman–Crippen LogP) is 1.44. The Morgan fingerprint density at radius 2 is 2.17 bits per heavy atom. The second-order valence-electron chi connectivity index (χ2n) is 6.47. The van der Waals surface area contributed by atoms with Gasteiger partial charge in [0.1, 0.15) is 6.54 Å². The first-order valence-electron chi connectivity index (χ1n) is 9.49. The summed E-state index contributed by atoms with van der Waals surface area (Å²) in [5.74, 6) is -0.748. The molecule has 1 fully saturated rings. The molecule has 0 bridgehead atoms. The van der Waals surface area contributed by atoms with Crippen LogP contribution in [0.3, 0.4) is 0 Å². The number of aromatic nitrogens is 3. The molecule has 10 heteroatoms. The second-order valence-corrected chi connectivity index (χ2v) is 7.41. The lowest BCUT2D eigenvalue weighted by atomic mass is 10.2. The number of hydrogen-bond acceptors (Lipinski definition) is 7. The number of thioether (sulfide) groups is 1. The number of rotatable bonds is 9. The van der Waals surface area contributed by atoms with Gasteiger partial charge >= 0.3 is 11.7 Å². The Hall–Kier alpha value is -2.59. The lowest BCUT2D eigenvalue weighted by Gasteiger charge is -2.21. The lowest BCUT2D eigenvalue weighted by molar-refractivity contribution is -0.142. The van der Waals surface area contributed by atoms with Crippen molar-refractivity contribution >= 4 is 29.3 Å². The number of anilines is 1. The number of benzene rings is 1. The Labute approximate surface area is 172 Å². The summed E-state index contributed by atoms with van der Waals surface area (Å²) in [4.78, 5) is 38.3. The van der Waals surface area contributed by atoms with Gasteiger partial charge in [-0.05, 0) is 31.9 Å². The molecule has 2 heterocycles. The number of esters is 1. The van der Waals surface area contributed by atoms with Gasteiger partial charge in [0.2, 0.25) is 5.91 Å². The summed E-state index contributed by atoms with van der Waals surface area (Å²) >= 11 is 1.14.